The van der Waals surface area contributed by atoms with Gasteiger partial charge < -0.3 is 9.29 Å². The Kier molecular flexibility index (Phi) is 5.25. The summed E-state index contributed by atoms with van der Waals surface area (Å²) in [5, 5.41) is 5.48. The molecule has 0 bridgehead atoms. The summed E-state index contributed by atoms with van der Waals surface area (Å²) >= 11 is -1.54. The first-order valence-corrected chi connectivity index (χ1v) is 7.56. The molecule has 5 heteroatoms. The number of hydrogen-bond acceptors (Lipinski definition) is 4. The Labute approximate surface area is 113 Å². The van der Waals surface area contributed by atoms with E-state index in [1.54, 1.807) is 6.21 Å². The number of ether oxygens (including phenoxy) is 1. The van der Waals surface area contributed by atoms with E-state index in [0.717, 1.165) is 12.2 Å². The van der Waals surface area contributed by atoms with Crippen molar-refractivity contribution in [2.75, 3.05) is 6.61 Å². The van der Waals surface area contributed by atoms with Gasteiger partial charge in [-0.05, 0) is 18.8 Å². The maximum Gasteiger partial charge on any atom is 0.229 e. The molecule has 1 heterocycles. The number of nitrogens with two attached hydrogens (primary N) is 1. The van der Waals surface area contributed by atoms with Gasteiger partial charge in [0, 0.05) is 5.92 Å². The van der Waals surface area contributed by atoms with Crippen LogP contribution >= 0.6 is 0 Å². The molecule has 1 aliphatic heterocycles. The van der Waals surface area contributed by atoms with Gasteiger partial charge in [0.2, 0.25) is 4.91 Å². The van der Waals surface area contributed by atoms with E-state index in [2.05, 4.69) is 25.8 Å². The lowest BCUT2D eigenvalue weighted by molar-refractivity contribution is 0.0912. The fraction of sp³-hybridized carbons (Fsp3) is 0.769. The van der Waals surface area contributed by atoms with Crippen LogP contribution in [0.15, 0.2) is 15.7 Å². The predicted octanol–water partition coefficient (Wildman–Crippen LogP) is 2.38. The van der Waals surface area contributed by atoms with E-state index in [9.17, 15) is 4.55 Å². The molecular weight excluding hydrogens is 248 g/mol. The van der Waals surface area contributed by atoms with Gasteiger partial charge in [0.15, 0.2) is 5.76 Å². The monoisotopic (exact) mass is 272 g/mol. The van der Waals surface area contributed by atoms with Crippen LogP contribution in [0, 0.1) is 11.3 Å². The number of aliphatic imine (C=N–C) groups is 1. The fourth-order valence-electron chi connectivity index (χ4n) is 1.55. The molecule has 0 aliphatic carbocycles. The minimum absolute atomic E-state index is 0.103. The lowest BCUT2D eigenvalue weighted by atomic mass is 9.91. The smallest absolute Gasteiger partial charge is 0.229 e. The van der Waals surface area contributed by atoms with E-state index in [1.807, 2.05) is 13.8 Å². The summed E-state index contributed by atoms with van der Waals surface area (Å²) in [4.78, 5) is 4.81. The minimum atomic E-state index is -1.54. The molecule has 4 nitrogen and oxygen atoms in total. The Morgan fingerprint density at radius 2 is 2.11 bits per heavy atom. The summed E-state index contributed by atoms with van der Waals surface area (Å²) < 4.78 is 17.4. The zero-order chi connectivity index (χ0) is 13.9. The molecule has 0 radical (unpaired) electrons. The zero-order valence-corrected chi connectivity index (χ0v) is 12.7. The molecule has 0 aromatic rings. The van der Waals surface area contributed by atoms with Gasteiger partial charge in [-0.3, -0.25) is 4.99 Å². The second-order valence-corrected chi connectivity index (χ2v) is 6.67. The molecule has 0 saturated carbocycles. The van der Waals surface area contributed by atoms with Crippen LogP contribution in [0.1, 0.15) is 41.0 Å². The van der Waals surface area contributed by atoms with Gasteiger partial charge >= 0.3 is 0 Å². The topological polar surface area (TPSA) is 70.7 Å². The molecule has 0 spiro atoms. The van der Waals surface area contributed by atoms with E-state index < -0.39 is 11.4 Å². The van der Waals surface area contributed by atoms with E-state index in [0.29, 0.717) is 11.5 Å². The Hall–Kier alpha value is -0.520. The number of rotatable bonds is 5. The van der Waals surface area contributed by atoms with Gasteiger partial charge in [-0.25, -0.2) is 0 Å². The minimum Gasteiger partial charge on any atom is -0.593 e. The summed E-state index contributed by atoms with van der Waals surface area (Å²) in [6.45, 7) is 11.1. The average molecular weight is 272 g/mol. The summed E-state index contributed by atoms with van der Waals surface area (Å²) in [5.74, 6) is 0.852. The maximum absolute atomic E-state index is 11.5. The Morgan fingerprint density at radius 1 is 1.50 bits per heavy atom. The first-order valence-electron chi connectivity index (χ1n) is 6.35. The van der Waals surface area contributed by atoms with E-state index in [4.69, 9.17) is 9.88 Å². The summed E-state index contributed by atoms with van der Waals surface area (Å²) in [5.41, 5.74) is 0.103. The lowest BCUT2D eigenvalue weighted by Gasteiger charge is -2.29. The third kappa shape index (κ3) is 3.73. The molecule has 0 fully saturated rings. The Bertz CT molecular complexity index is 351. The molecule has 2 N–H and O–H groups in total. The molecule has 0 saturated heterocycles. The van der Waals surface area contributed by atoms with Crippen LogP contribution in [-0.4, -0.2) is 23.4 Å². The van der Waals surface area contributed by atoms with Crippen LogP contribution in [0.2, 0.25) is 0 Å². The van der Waals surface area contributed by atoms with Crippen LogP contribution in [0.4, 0.5) is 0 Å². The van der Waals surface area contributed by atoms with Gasteiger partial charge in [-0.15, -0.1) is 5.14 Å². The van der Waals surface area contributed by atoms with Gasteiger partial charge in [-0.2, -0.15) is 0 Å². The molecule has 0 aromatic heterocycles. The second-order valence-electron chi connectivity index (χ2n) is 5.64. The van der Waals surface area contributed by atoms with Crippen molar-refractivity contribution in [3.8, 4) is 0 Å². The van der Waals surface area contributed by atoms with E-state index in [1.165, 1.54) is 0 Å². The zero-order valence-electron chi connectivity index (χ0n) is 11.9. The molecule has 18 heavy (non-hydrogen) atoms. The van der Waals surface area contributed by atoms with Crippen molar-refractivity contribution in [3.05, 3.63) is 10.7 Å². The Balaban J connectivity index is 2.88. The highest BCUT2D eigenvalue weighted by atomic mass is 32.2. The highest BCUT2D eigenvalue weighted by Crippen LogP contribution is 2.30. The van der Waals surface area contributed by atoms with Crippen molar-refractivity contribution in [1.29, 1.82) is 0 Å². The number of allylic oxidation sites excluding steroid dienone is 1. The number of dihydropyridines is 1. The number of hydrogen-bond donors (Lipinski definition) is 1. The van der Waals surface area contributed by atoms with Crippen LogP contribution in [0.25, 0.3) is 0 Å². The highest BCUT2D eigenvalue weighted by Gasteiger charge is 2.31. The molecule has 104 valence electrons. The second kappa shape index (κ2) is 6.08. The SMILES string of the molecule is CCC(C)(C)COC1=C([S+](N)[O-])C=NC(C)C1C. The normalized spacial score (nSPS) is 26.4. The third-order valence-corrected chi connectivity index (χ3v) is 4.34. The molecule has 0 amide bonds. The largest absolute Gasteiger partial charge is 0.593 e. The molecule has 1 rings (SSSR count). The molecule has 1 aliphatic rings. The predicted molar refractivity (Wildman–Crippen MR) is 76.5 cm³/mol. The molecular formula is C13H24N2O2S. The van der Waals surface area contributed by atoms with Gasteiger partial charge in [-0.1, -0.05) is 27.7 Å². The van der Waals surface area contributed by atoms with Gasteiger partial charge in [0.1, 0.15) is 0 Å². The maximum atomic E-state index is 11.5. The van der Waals surface area contributed by atoms with Crippen molar-refractivity contribution in [1.82, 2.24) is 0 Å². The summed E-state index contributed by atoms with van der Waals surface area (Å²) in [6.07, 6.45) is 2.62. The molecule has 0 aromatic carbocycles. The molecule has 3 unspecified atom stereocenters. The third-order valence-electron chi connectivity index (χ3n) is 3.60. The highest BCUT2D eigenvalue weighted by molar-refractivity contribution is 7.94. The fourth-order valence-corrected chi connectivity index (χ4v) is 2.16. The van der Waals surface area contributed by atoms with Crippen molar-refractivity contribution < 1.29 is 9.29 Å². The van der Waals surface area contributed by atoms with Crippen molar-refractivity contribution in [2.45, 2.75) is 47.1 Å². The first-order chi connectivity index (χ1) is 8.28. The standard InChI is InChI=1S/C13H24N2O2S/c1-6-13(4,5)8-17-12-9(2)10(3)15-7-11(12)18(14)16/h7,9-10H,6,8,14H2,1-5H3. The van der Waals surface area contributed by atoms with Crippen LogP contribution < -0.4 is 5.14 Å². The van der Waals surface area contributed by atoms with Crippen LogP contribution in [-0.2, 0) is 16.1 Å². The van der Waals surface area contributed by atoms with E-state index >= 15 is 0 Å². The van der Waals surface area contributed by atoms with Crippen molar-refractivity contribution in [3.63, 3.8) is 0 Å². The quantitative estimate of drug-likeness (QED) is 0.781. The van der Waals surface area contributed by atoms with E-state index in [-0.39, 0.29) is 17.4 Å². The Morgan fingerprint density at radius 3 is 2.61 bits per heavy atom. The summed E-state index contributed by atoms with van der Waals surface area (Å²) in [7, 11) is 0. The first kappa shape index (κ1) is 15.5. The lowest BCUT2D eigenvalue weighted by Crippen LogP contribution is -2.30. The number of nitrogens with zero attached hydrogens (tertiary/aromatic N) is 1. The van der Waals surface area contributed by atoms with Gasteiger partial charge in [0.05, 0.1) is 30.2 Å². The van der Waals surface area contributed by atoms with Crippen LogP contribution in [0.5, 0.6) is 0 Å². The molecule has 3 atom stereocenters. The summed E-state index contributed by atoms with van der Waals surface area (Å²) in [6, 6.07) is 0.136. The van der Waals surface area contributed by atoms with Crippen molar-refractivity contribution >= 4 is 17.6 Å². The van der Waals surface area contributed by atoms with Crippen molar-refractivity contribution in [2.24, 2.45) is 21.5 Å². The van der Waals surface area contributed by atoms with Crippen LogP contribution in [0.3, 0.4) is 0 Å². The van der Waals surface area contributed by atoms with Gasteiger partial charge in [0.25, 0.3) is 0 Å². The average Bonchev–Trinajstić information content (AvgIpc) is 2.30.